The van der Waals surface area contributed by atoms with Gasteiger partial charge < -0.3 is 5.32 Å². The van der Waals surface area contributed by atoms with Crippen LogP contribution in [0.25, 0.3) is 5.65 Å². The van der Waals surface area contributed by atoms with Crippen LogP contribution in [0.5, 0.6) is 0 Å². The molecule has 0 spiro atoms. The van der Waals surface area contributed by atoms with Crippen LogP contribution in [0.3, 0.4) is 0 Å². The summed E-state index contributed by atoms with van der Waals surface area (Å²) in [4.78, 5) is 19.1. The largest absolute Gasteiger partial charge is 0.319 e. The number of halogens is 1. The second kappa shape index (κ2) is 7.72. The number of nitrogens with zero attached hydrogens (tertiary/aromatic N) is 3. The van der Waals surface area contributed by atoms with Crippen molar-refractivity contribution in [1.29, 1.82) is 0 Å². The number of piperidine rings is 1. The highest BCUT2D eigenvalue weighted by Gasteiger charge is 2.19. The highest BCUT2D eigenvalue weighted by molar-refractivity contribution is 5.85. The molecule has 1 N–H and O–H groups in total. The van der Waals surface area contributed by atoms with E-state index in [-0.39, 0.29) is 18.0 Å². The van der Waals surface area contributed by atoms with Crippen LogP contribution >= 0.6 is 12.4 Å². The fourth-order valence-corrected chi connectivity index (χ4v) is 3.05. The molecule has 1 aliphatic heterocycles. The van der Waals surface area contributed by atoms with Gasteiger partial charge in [-0.05, 0) is 57.6 Å². The van der Waals surface area contributed by atoms with Crippen molar-refractivity contribution in [2.45, 2.75) is 19.4 Å². The van der Waals surface area contributed by atoms with Gasteiger partial charge in [0, 0.05) is 18.8 Å². The molecule has 0 aliphatic carbocycles. The molecule has 0 amide bonds. The van der Waals surface area contributed by atoms with Crippen molar-refractivity contribution >= 4 is 18.1 Å². The predicted octanol–water partition coefficient (Wildman–Crippen LogP) is 1.55. The van der Waals surface area contributed by atoms with Crippen molar-refractivity contribution in [2.24, 2.45) is 5.92 Å². The lowest BCUT2D eigenvalue weighted by Crippen LogP contribution is -2.36. The Hall–Kier alpha value is -1.43. The minimum absolute atomic E-state index is 0. The summed E-state index contributed by atoms with van der Waals surface area (Å²) in [6.07, 6.45) is 4.19. The summed E-state index contributed by atoms with van der Waals surface area (Å²) in [5, 5.41) is 3.25. The fraction of sp³-hybridized carbons (Fsp3) is 0.500. The summed E-state index contributed by atoms with van der Waals surface area (Å²) in [7, 11) is 2.01. The van der Waals surface area contributed by atoms with Gasteiger partial charge in [-0.15, -0.1) is 12.4 Å². The van der Waals surface area contributed by atoms with Crippen molar-refractivity contribution < 1.29 is 0 Å². The van der Waals surface area contributed by atoms with E-state index in [9.17, 15) is 4.79 Å². The van der Waals surface area contributed by atoms with Crippen LogP contribution in [0.1, 0.15) is 18.5 Å². The van der Waals surface area contributed by atoms with Crippen LogP contribution in [0, 0.1) is 5.92 Å². The van der Waals surface area contributed by atoms with E-state index in [0.717, 1.165) is 43.4 Å². The third-order valence-electron chi connectivity index (χ3n) is 4.21. The maximum Gasteiger partial charge on any atom is 0.258 e. The Morgan fingerprint density at radius 3 is 2.82 bits per heavy atom. The number of aromatic nitrogens is 2. The monoisotopic (exact) mass is 322 g/mol. The van der Waals surface area contributed by atoms with Crippen molar-refractivity contribution in [2.75, 3.05) is 26.7 Å². The van der Waals surface area contributed by atoms with Crippen molar-refractivity contribution in [3.63, 3.8) is 0 Å². The Morgan fingerprint density at radius 2 is 2.09 bits per heavy atom. The lowest BCUT2D eigenvalue weighted by Gasteiger charge is -2.31. The smallest absolute Gasteiger partial charge is 0.258 e. The fourth-order valence-electron chi connectivity index (χ4n) is 3.05. The van der Waals surface area contributed by atoms with Gasteiger partial charge in [-0.25, -0.2) is 4.98 Å². The Labute approximate surface area is 136 Å². The van der Waals surface area contributed by atoms with E-state index in [1.54, 1.807) is 16.7 Å². The Balaban J connectivity index is 0.00000176. The average Bonchev–Trinajstić information content (AvgIpc) is 2.50. The van der Waals surface area contributed by atoms with Crippen molar-refractivity contribution in [3.05, 3.63) is 46.5 Å². The molecule has 22 heavy (non-hydrogen) atoms. The Bertz CT molecular complexity index is 664. The summed E-state index contributed by atoms with van der Waals surface area (Å²) in [5.74, 6) is 0.779. The molecule has 0 radical (unpaired) electrons. The molecule has 0 aromatic carbocycles. The maximum atomic E-state index is 12.1. The zero-order valence-electron chi connectivity index (χ0n) is 12.9. The number of rotatable bonds is 4. The number of nitrogens with one attached hydrogen (secondary N) is 1. The first kappa shape index (κ1) is 16.9. The van der Waals surface area contributed by atoms with E-state index >= 15 is 0 Å². The van der Waals surface area contributed by atoms with Gasteiger partial charge >= 0.3 is 0 Å². The molecule has 0 bridgehead atoms. The Kier molecular flexibility index (Phi) is 5.94. The maximum absolute atomic E-state index is 12.1. The van der Waals surface area contributed by atoms with Gasteiger partial charge in [-0.2, -0.15) is 0 Å². The normalized spacial score (nSPS) is 16.6. The van der Waals surface area contributed by atoms with E-state index in [2.05, 4.69) is 15.2 Å². The standard InChI is InChI=1S/C16H22N4O.ClH/c1-17-11-13-5-8-19(9-6-13)12-14-10-16(21)20-7-3-2-4-15(20)18-14;/h2-4,7,10,13,17H,5-6,8-9,11-12H2,1H3;1H. The first-order chi connectivity index (χ1) is 10.3. The van der Waals surface area contributed by atoms with Gasteiger partial charge in [-0.3, -0.25) is 14.1 Å². The quantitative estimate of drug-likeness (QED) is 0.928. The molecule has 0 saturated carbocycles. The number of likely N-dealkylation sites (tertiary alicyclic amines) is 1. The third kappa shape index (κ3) is 3.85. The molecule has 1 aliphatic rings. The molecule has 0 atom stereocenters. The summed E-state index contributed by atoms with van der Waals surface area (Å²) >= 11 is 0. The van der Waals surface area contributed by atoms with Crippen LogP contribution in [0.2, 0.25) is 0 Å². The molecule has 6 heteroatoms. The molecule has 120 valence electrons. The Morgan fingerprint density at radius 1 is 1.32 bits per heavy atom. The second-order valence-electron chi connectivity index (χ2n) is 5.79. The van der Waals surface area contributed by atoms with E-state index in [1.807, 2.05) is 25.2 Å². The molecular formula is C16H23ClN4O. The molecule has 5 nitrogen and oxygen atoms in total. The predicted molar refractivity (Wildman–Crippen MR) is 90.6 cm³/mol. The first-order valence-corrected chi connectivity index (χ1v) is 7.60. The molecule has 2 aromatic rings. The minimum atomic E-state index is 0. The van der Waals surface area contributed by atoms with Gasteiger partial charge in [0.1, 0.15) is 5.65 Å². The molecule has 1 saturated heterocycles. The summed E-state index contributed by atoms with van der Waals surface area (Å²) in [5.41, 5.74) is 1.60. The summed E-state index contributed by atoms with van der Waals surface area (Å²) in [6, 6.07) is 7.30. The van der Waals surface area contributed by atoms with Crippen LogP contribution in [-0.2, 0) is 6.54 Å². The van der Waals surface area contributed by atoms with Crippen LogP contribution in [0.15, 0.2) is 35.3 Å². The molecular weight excluding hydrogens is 300 g/mol. The van der Waals surface area contributed by atoms with Gasteiger partial charge in [0.25, 0.3) is 5.56 Å². The van der Waals surface area contributed by atoms with Crippen LogP contribution in [0.4, 0.5) is 0 Å². The second-order valence-corrected chi connectivity index (χ2v) is 5.79. The van der Waals surface area contributed by atoms with E-state index in [4.69, 9.17) is 0 Å². The van der Waals surface area contributed by atoms with Gasteiger partial charge in [-0.1, -0.05) is 6.07 Å². The van der Waals surface area contributed by atoms with Crippen LogP contribution < -0.4 is 10.9 Å². The van der Waals surface area contributed by atoms with E-state index < -0.39 is 0 Å². The molecule has 2 aromatic heterocycles. The summed E-state index contributed by atoms with van der Waals surface area (Å²) < 4.78 is 1.59. The lowest BCUT2D eigenvalue weighted by molar-refractivity contribution is 0.175. The first-order valence-electron chi connectivity index (χ1n) is 7.60. The minimum Gasteiger partial charge on any atom is -0.319 e. The van der Waals surface area contributed by atoms with E-state index in [1.165, 1.54) is 12.8 Å². The summed E-state index contributed by atoms with van der Waals surface area (Å²) in [6.45, 7) is 4.04. The number of hydrogen-bond donors (Lipinski definition) is 1. The molecule has 1 fully saturated rings. The average molecular weight is 323 g/mol. The topological polar surface area (TPSA) is 49.6 Å². The number of pyridine rings is 1. The lowest BCUT2D eigenvalue weighted by atomic mass is 9.97. The highest BCUT2D eigenvalue weighted by Crippen LogP contribution is 2.17. The van der Waals surface area contributed by atoms with Crippen molar-refractivity contribution in [3.8, 4) is 0 Å². The number of fused-ring (bicyclic) bond motifs is 1. The van der Waals surface area contributed by atoms with Gasteiger partial charge in [0.2, 0.25) is 0 Å². The SMILES string of the molecule is CNCC1CCN(Cc2cc(=O)n3ccccc3n2)CC1.Cl. The van der Waals surface area contributed by atoms with Crippen molar-refractivity contribution in [1.82, 2.24) is 19.6 Å². The van der Waals surface area contributed by atoms with E-state index in [0.29, 0.717) is 0 Å². The van der Waals surface area contributed by atoms with Crippen LogP contribution in [-0.4, -0.2) is 41.0 Å². The molecule has 3 rings (SSSR count). The van der Waals surface area contributed by atoms with Gasteiger partial charge in [0.15, 0.2) is 0 Å². The zero-order chi connectivity index (χ0) is 14.7. The number of hydrogen-bond acceptors (Lipinski definition) is 4. The molecule has 0 unspecified atom stereocenters. The highest BCUT2D eigenvalue weighted by atomic mass is 35.5. The third-order valence-corrected chi connectivity index (χ3v) is 4.21. The van der Waals surface area contributed by atoms with Gasteiger partial charge in [0.05, 0.1) is 5.69 Å². The zero-order valence-corrected chi connectivity index (χ0v) is 13.7. The molecule has 3 heterocycles.